The Morgan fingerprint density at radius 2 is 1.61 bits per heavy atom. The van der Waals surface area contributed by atoms with Gasteiger partial charge in [0.25, 0.3) is 0 Å². The molecule has 0 spiro atoms. The Bertz CT molecular complexity index is 1020. The summed E-state index contributed by atoms with van der Waals surface area (Å²) in [5.41, 5.74) is 2.17. The third-order valence-corrected chi connectivity index (χ3v) is 5.02. The lowest BCUT2D eigenvalue weighted by atomic mass is 9.90. The van der Waals surface area contributed by atoms with E-state index in [0.29, 0.717) is 17.1 Å². The van der Waals surface area contributed by atoms with Crippen molar-refractivity contribution in [3.8, 4) is 11.5 Å². The Labute approximate surface area is 170 Å². The van der Waals surface area contributed by atoms with Crippen LogP contribution in [0.25, 0.3) is 0 Å². The molecule has 1 atom stereocenters. The number of halogens is 1. The maximum atomic E-state index is 12.8. The minimum absolute atomic E-state index is 0.133. The van der Waals surface area contributed by atoms with Gasteiger partial charge in [0.2, 0.25) is 11.8 Å². The van der Waals surface area contributed by atoms with E-state index in [4.69, 9.17) is 4.74 Å². The summed E-state index contributed by atoms with van der Waals surface area (Å²) >= 11 is 3.39. The van der Waals surface area contributed by atoms with Crippen LogP contribution in [0, 0.1) is 0 Å². The molecule has 0 radical (unpaired) electrons. The SMILES string of the molecule is O=C1CC(C(=O)Nc2ccc(Oc3ccc(Br)cc3)cc2)c2ccccc2N1. The summed E-state index contributed by atoms with van der Waals surface area (Å²) in [6, 6.07) is 22.1. The fourth-order valence-electron chi connectivity index (χ4n) is 3.12. The fourth-order valence-corrected chi connectivity index (χ4v) is 3.38. The summed E-state index contributed by atoms with van der Waals surface area (Å²) in [4.78, 5) is 24.7. The third kappa shape index (κ3) is 4.07. The molecule has 1 unspecified atom stereocenters. The van der Waals surface area contributed by atoms with E-state index < -0.39 is 5.92 Å². The average molecular weight is 437 g/mol. The molecule has 4 rings (SSSR count). The second kappa shape index (κ2) is 7.86. The molecule has 0 fully saturated rings. The normalized spacial score (nSPS) is 15.3. The van der Waals surface area contributed by atoms with Gasteiger partial charge in [-0.15, -0.1) is 0 Å². The van der Waals surface area contributed by atoms with E-state index in [1.54, 1.807) is 30.3 Å². The molecule has 0 saturated heterocycles. The number of benzene rings is 3. The van der Waals surface area contributed by atoms with Crippen LogP contribution in [0.15, 0.2) is 77.3 Å². The molecular formula is C22H17BrN2O3. The predicted octanol–water partition coefficient (Wildman–Crippen LogP) is 5.31. The van der Waals surface area contributed by atoms with E-state index in [2.05, 4.69) is 26.6 Å². The summed E-state index contributed by atoms with van der Waals surface area (Å²) in [7, 11) is 0. The molecule has 2 N–H and O–H groups in total. The molecule has 0 saturated carbocycles. The van der Waals surface area contributed by atoms with Crippen molar-refractivity contribution >= 4 is 39.1 Å². The third-order valence-electron chi connectivity index (χ3n) is 4.49. The van der Waals surface area contributed by atoms with Gasteiger partial charge in [-0.2, -0.15) is 0 Å². The van der Waals surface area contributed by atoms with Crippen molar-refractivity contribution in [2.45, 2.75) is 12.3 Å². The van der Waals surface area contributed by atoms with Crippen molar-refractivity contribution in [3.05, 3.63) is 82.8 Å². The second-order valence-corrected chi connectivity index (χ2v) is 7.38. The Morgan fingerprint density at radius 1 is 0.964 bits per heavy atom. The number of nitrogens with one attached hydrogen (secondary N) is 2. The zero-order valence-electron chi connectivity index (χ0n) is 14.8. The van der Waals surface area contributed by atoms with Gasteiger partial charge in [-0.1, -0.05) is 34.1 Å². The first-order valence-electron chi connectivity index (χ1n) is 8.81. The van der Waals surface area contributed by atoms with Crippen molar-refractivity contribution in [1.82, 2.24) is 0 Å². The molecule has 6 heteroatoms. The largest absolute Gasteiger partial charge is 0.457 e. The first kappa shape index (κ1) is 18.3. The van der Waals surface area contributed by atoms with Gasteiger partial charge in [0, 0.05) is 22.3 Å². The van der Waals surface area contributed by atoms with Gasteiger partial charge in [0.05, 0.1) is 5.92 Å². The lowest BCUT2D eigenvalue weighted by Gasteiger charge is -2.24. The Balaban J connectivity index is 1.45. The van der Waals surface area contributed by atoms with Gasteiger partial charge in [0.1, 0.15) is 11.5 Å². The maximum absolute atomic E-state index is 12.8. The van der Waals surface area contributed by atoms with Crippen LogP contribution in [-0.4, -0.2) is 11.8 Å². The summed E-state index contributed by atoms with van der Waals surface area (Å²) in [6.07, 6.45) is 0.133. The standard InChI is InChI=1S/C22H17BrN2O3/c23-14-5-9-16(10-6-14)28-17-11-7-15(8-12-17)24-22(27)19-13-21(26)25-20-4-2-1-3-18(19)20/h1-12,19H,13H2,(H,24,27)(H,25,26). The zero-order valence-corrected chi connectivity index (χ0v) is 16.4. The van der Waals surface area contributed by atoms with Gasteiger partial charge < -0.3 is 15.4 Å². The van der Waals surface area contributed by atoms with Crippen LogP contribution < -0.4 is 15.4 Å². The first-order chi connectivity index (χ1) is 13.6. The zero-order chi connectivity index (χ0) is 19.5. The number of hydrogen-bond donors (Lipinski definition) is 2. The molecule has 3 aromatic rings. The average Bonchev–Trinajstić information content (AvgIpc) is 2.70. The predicted molar refractivity (Wildman–Crippen MR) is 112 cm³/mol. The van der Waals surface area contributed by atoms with Crippen molar-refractivity contribution in [2.24, 2.45) is 0 Å². The Hall–Kier alpha value is -3.12. The molecule has 3 aromatic carbocycles. The fraction of sp³-hybridized carbons (Fsp3) is 0.0909. The highest BCUT2D eigenvalue weighted by molar-refractivity contribution is 9.10. The molecule has 0 aliphatic carbocycles. The molecule has 0 aromatic heterocycles. The van der Waals surface area contributed by atoms with Crippen molar-refractivity contribution in [2.75, 3.05) is 10.6 Å². The van der Waals surface area contributed by atoms with Gasteiger partial charge in [0.15, 0.2) is 0 Å². The molecule has 1 heterocycles. The van der Waals surface area contributed by atoms with Crippen LogP contribution in [0.4, 0.5) is 11.4 Å². The molecular weight excluding hydrogens is 420 g/mol. The van der Waals surface area contributed by atoms with E-state index >= 15 is 0 Å². The number of fused-ring (bicyclic) bond motifs is 1. The minimum Gasteiger partial charge on any atom is -0.457 e. The highest BCUT2D eigenvalue weighted by Crippen LogP contribution is 2.33. The van der Waals surface area contributed by atoms with Crippen LogP contribution >= 0.6 is 15.9 Å². The van der Waals surface area contributed by atoms with Crippen molar-refractivity contribution in [3.63, 3.8) is 0 Å². The number of anilines is 2. The lowest BCUT2D eigenvalue weighted by Crippen LogP contribution is -2.30. The molecule has 140 valence electrons. The number of carbonyl (C=O) groups excluding carboxylic acids is 2. The molecule has 5 nitrogen and oxygen atoms in total. The topological polar surface area (TPSA) is 67.4 Å². The summed E-state index contributed by atoms with van der Waals surface area (Å²) < 4.78 is 6.77. The van der Waals surface area contributed by atoms with Gasteiger partial charge >= 0.3 is 0 Å². The quantitative estimate of drug-likeness (QED) is 0.582. The van der Waals surface area contributed by atoms with Crippen molar-refractivity contribution < 1.29 is 14.3 Å². The maximum Gasteiger partial charge on any atom is 0.232 e. The Kier molecular flexibility index (Phi) is 5.12. The second-order valence-electron chi connectivity index (χ2n) is 6.46. The first-order valence-corrected chi connectivity index (χ1v) is 9.61. The Morgan fingerprint density at radius 3 is 2.32 bits per heavy atom. The van der Waals surface area contributed by atoms with E-state index in [1.165, 1.54) is 0 Å². The van der Waals surface area contributed by atoms with E-state index in [1.807, 2.05) is 42.5 Å². The van der Waals surface area contributed by atoms with Gasteiger partial charge in [-0.05, 0) is 60.2 Å². The van der Waals surface area contributed by atoms with Gasteiger partial charge in [-0.3, -0.25) is 9.59 Å². The van der Waals surface area contributed by atoms with Crippen LogP contribution in [0.5, 0.6) is 11.5 Å². The molecule has 0 bridgehead atoms. The van der Waals surface area contributed by atoms with E-state index in [-0.39, 0.29) is 18.2 Å². The summed E-state index contributed by atoms with van der Waals surface area (Å²) in [5.74, 6) is 0.525. The van der Waals surface area contributed by atoms with Crippen LogP contribution in [0.3, 0.4) is 0 Å². The number of amides is 2. The number of ether oxygens (including phenoxy) is 1. The number of carbonyl (C=O) groups is 2. The number of rotatable bonds is 4. The minimum atomic E-state index is -0.511. The lowest BCUT2D eigenvalue weighted by molar-refractivity contribution is -0.123. The van der Waals surface area contributed by atoms with Crippen LogP contribution in [0.1, 0.15) is 17.9 Å². The molecule has 2 amide bonds. The number of para-hydroxylation sites is 1. The summed E-state index contributed by atoms with van der Waals surface area (Å²) in [5, 5.41) is 5.70. The molecule has 1 aliphatic heterocycles. The smallest absolute Gasteiger partial charge is 0.232 e. The van der Waals surface area contributed by atoms with E-state index in [0.717, 1.165) is 15.8 Å². The number of hydrogen-bond acceptors (Lipinski definition) is 3. The van der Waals surface area contributed by atoms with Crippen LogP contribution in [0.2, 0.25) is 0 Å². The van der Waals surface area contributed by atoms with Crippen LogP contribution in [-0.2, 0) is 9.59 Å². The highest BCUT2D eigenvalue weighted by Gasteiger charge is 2.30. The van der Waals surface area contributed by atoms with Crippen molar-refractivity contribution in [1.29, 1.82) is 0 Å². The van der Waals surface area contributed by atoms with Gasteiger partial charge in [-0.25, -0.2) is 0 Å². The molecule has 1 aliphatic rings. The molecule has 28 heavy (non-hydrogen) atoms. The van der Waals surface area contributed by atoms with E-state index in [9.17, 15) is 9.59 Å². The summed E-state index contributed by atoms with van der Waals surface area (Å²) in [6.45, 7) is 0. The monoisotopic (exact) mass is 436 g/mol. The highest BCUT2D eigenvalue weighted by atomic mass is 79.9.